The quantitative estimate of drug-likeness (QED) is 0.263. The molecule has 11 heteroatoms. The molecule has 3 amide bonds. The number of ether oxygens (including phenoxy) is 1. The lowest BCUT2D eigenvalue weighted by atomic mass is 9.92. The second-order valence-electron chi connectivity index (χ2n) is 9.45. The lowest BCUT2D eigenvalue weighted by Gasteiger charge is -2.14. The van der Waals surface area contributed by atoms with Crippen molar-refractivity contribution >= 4 is 29.1 Å². The van der Waals surface area contributed by atoms with Crippen molar-refractivity contribution in [2.45, 2.75) is 26.2 Å². The number of nitrogen functional groups attached to an aromatic ring is 1. The Hall–Kier alpha value is -4.93. The van der Waals surface area contributed by atoms with Crippen molar-refractivity contribution in [1.82, 2.24) is 20.1 Å². The van der Waals surface area contributed by atoms with E-state index in [9.17, 15) is 14.0 Å². The van der Waals surface area contributed by atoms with E-state index in [1.807, 2.05) is 26.8 Å². The summed E-state index contributed by atoms with van der Waals surface area (Å²) in [5, 5.41) is 12.4. The number of halogens is 1. The van der Waals surface area contributed by atoms with Gasteiger partial charge in [0.25, 0.3) is 5.91 Å². The van der Waals surface area contributed by atoms with Crippen molar-refractivity contribution in [2.24, 2.45) is 0 Å². The van der Waals surface area contributed by atoms with Gasteiger partial charge in [0.1, 0.15) is 28.8 Å². The average Bonchev–Trinajstić information content (AvgIpc) is 3.30. The van der Waals surface area contributed by atoms with Crippen LogP contribution in [0.2, 0.25) is 0 Å². The number of hydrogen-bond donors (Lipinski definition) is 4. The molecular weight excluding hydrogens is 489 g/mol. The Morgan fingerprint density at radius 2 is 1.76 bits per heavy atom. The van der Waals surface area contributed by atoms with Crippen LogP contribution < -0.4 is 26.4 Å². The predicted octanol–water partition coefficient (Wildman–Crippen LogP) is 5.08. The van der Waals surface area contributed by atoms with E-state index in [0.29, 0.717) is 22.9 Å². The van der Waals surface area contributed by atoms with E-state index >= 15 is 0 Å². The van der Waals surface area contributed by atoms with E-state index in [0.717, 1.165) is 11.8 Å². The standard InChI is InChI=1S/C27H28FN7O3/c1-27(2,3)23-15-24(35(34-23)17-7-5-6-16(29)12-17)33-26(37)32-21-9-8-18(13-20(21)28)38-19-10-11-31-22(14-19)25(36)30-4/h5-15H,29H2,1-4H3,(H,30,36)(H2,32,33,37). The van der Waals surface area contributed by atoms with Crippen LogP contribution in [-0.4, -0.2) is 33.8 Å². The van der Waals surface area contributed by atoms with Crippen LogP contribution in [0.3, 0.4) is 0 Å². The van der Waals surface area contributed by atoms with Gasteiger partial charge in [-0.25, -0.2) is 13.9 Å². The molecule has 0 saturated heterocycles. The van der Waals surface area contributed by atoms with Crippen molar-refractivity contribution in [3.05, 3.63) is 84.1 Å². The highest BCUT2D eigenvalue weighted by Crippen LogP contribution is 2.28. The van der Waals surface area contributed by atoms with E-state index in [4.69, 9.17) is 10.5 Å². The van der Waals surface area contributed by atoms with Crippen LogP contribution in [0.25, 0.3) is 5.69 Å². The molecule has 0 aliphatic rings. The fraction of sp³-hybridized carbons (Fsp3) is 0.185. The third kappa shape index (κ3) is 6.06. The minimum atomic E-state index is -0.710. The first-order chi connectivity index (χ1) is 18.0. The van der Waals surface area contributed by atoms with Crippen LogP contribution >= 0.6 is 0 Å². The number of rotatable bonds is 6. The van der Waals surface area contributed by atoms with Gasteiger partial charge in [-0.1, -0.05) is 26.8 Å². The number of pyridine rings is 1. The van der Waals surface area contributed by atoms with Gasteiger partial charge in [0, 0.05) is 42.5 Å². The number of carbonyl (C=O) groups is 2. The Balaban J connectivity index is 1.50. The summed E-state index contributed by atoms with van der Waals surface area (Å²) in [5.74, 6) is -0.210. The number of amides is 3. The van der Waals surface area contributed by atoms with E-state index in [1.54, 1.807) is 35.0 Å². The van der Waals surface area contributed by atoms with Crippen LogP contribution in [0.5, 0.6) is 11.5 Å². The Morgan fingerprint density at radius 1 is 1.00 bits per heavy atom. The van der Waals surface area contributed by atoms with Gasteiger partial charge in [-0.3, -0.25) is 15.1 Å². The molecule has 4 aromatic rings. The zero-order valence-corrected chi connectivity index (χ0v) is 21.4. The number of anilines is 3. The summed E-state index contributed by atoms with van der Waals surface area (Å²) < 4.78 is 22.1. The van der Waals surface area contributed by atoms with E-state index in [-0.39, 0.29) is 28.5 Å². The first kappa shape index (κ1) is 26.1. The second kappa shape index (κ2) is 10.6. The van der Waals surface area contributed by atoms with Gasteiger partial charge >= 0.3 is 6.03 Å². The molecule has 2 aromatic heterocycles. The maximum atomic E-state index is 14.8. The Bertz CT molecular complexity index is 1490. The Morgan fingerprint density at radius 3 is 2.45 bits per heavy atom. The largest absolute Gasteiger partial charge is 0.457 e. The molecule has 0 aliphatic heterocycles. The van der Waals surface area contributed by atoms with Gasteiger partial charge in [-0.15, -0.1) is 0 Å². The summed E-state index contributed by atoms with van der Waals surface area (Å²) in [4.78, 5) is 28.6. The molecule has 0 fully saturated rings. The highest BCUT2D eigenvalue weighted by molar-refractivity contribution is 5.99. The highest BCUT2D eigenvalue weighted by Gasteiger charge is 2.22. The fourth-order valence-electron chi connectivity index (χ4n) is 3.48. The lowest BCUT2D eigenvalue weighted by Crippen LogP contribution is -2.22. The number of urea groups is 1. The summed E-state index contributed by atoms with van der Waals surface area (Å²) in [7, 11) is 1.49. The average molecular weight is 518 g/mol. The summed E-state index contributed by atoms with van der Waals surface area (Å²) in [5.41, 5.74) is 7.72. The Kier molecular flexibility index (Phi) is 7.28. The highest BCUT2D eigenvalue weighted by atomic mass is 19.1. The van der Waals surface area contributed by atoms with Gasteiger partial charge in [0.2, 0.25) is 0 Å². The molecule has 0 aliphatic carbocycles. The normalized spacial score (nSPS) is 11.1. The first-order valence-electron chi connectivity index (χ1n) is 11.7. The van der Waals surface area contributed by atoms with Gasteiger partial charge < -0.3 is 21.1 Å². The SMILES string of the molecule is CNC(=O)c1cc(Oc2ccc(NC(=O)Nc3cc(C(C)(C)C)nn3-c3cccc(N)c3)c(F)c2)ccn1. The van der Waals surface area contributed by atoms with Crippen LogP contribution in [0.15, 0.2) is 66.9 Å². The number of nitrogens with two attached hydrogens (primary N) is 1. The maximum Gasteiger partial charge on any atom is 0.324 e. The molecule has 0 unspecified atom stereocenters. The molecule has 0 saturated carbocycles. The number of hydrogen-bond acceptors (Lipinski definition) is 6. The smallest absolute Gasteiger partial charge is 0.324 e. The maximum absolute atomic E-state index is 14.8. The number of nitrogens with zero attached hydrogens (tertiary/aromatic N) is 3. The fourth-order valence-corrected chi connectivity index (χ4v) is 3.48. The molecule has 0 spiro atoms. The monoisotopic (exact) mass is 517 g/mol. The molecule has 0 atom stereocenters. The number of carbonyl (C=O) groups excluding carboxylic acids is 2. The second-order valence-corrected chi connectivity index (χ2v) is 9.45. The zero-order chi connectivity index (χ0) is 27.4. The first-order valence-corrected chi connectivity index (χ1v) is 11.7. The Labute approximate surface area is 219 Å². The number of benzene rings is 2. The van der Waals surface area contributed by atoms with E-state index < -0.39 is 11.8 Å². The molecule has 4 rings (SSSR count). The van der Waals surface area contributed by atoms with Crippen molar-refractivity contribution in [3.8, 4) is 17.2 Å². The van der Waals surface area contributed by atoms with Crippen LogP contribution in [0, 0.1) is 5.82 Å². The minimum Gasteiger partial charge on any atom is -0.457 e. The molecule has 2 aromatic carbocycles. The van der Waals surface area contributed by atoms with E-state index in [1.165, 1.54) is 31.4 Å². The molecule has 10 nitrogen and oxygen atoms in total. The lowest BCUT2D eigenvalue weighted by molar-refractivity contribution is 0.0957. The van der Waals surface area contributed by atoms with Crippen molar-refractivity contribution in [1.29, 1.82) is 0 Å². The molecule has 38 heavy (non-hydrogen) atoms. The summed E-state index contributed by atoms with van der Waals surface area (Å²) in [6, 6.07) is 15.2. The van der Waals surface area contributed by atoms with Crippen molar-refractivity contribution < 1.29 is 18.7 Å². The topological polar surface area (TPSA) is 136 Å². The van der Waals surface area contributed by atoms with Crippen molar-refractivity contribution in [3.63, 3.8) is 0 Å². The van der Waals surface area contributed by atoms with Gasteiger partial charge in [-0.2, -0.15) is 5.10 Å². The van der Waals surface area contributed by atoms with Gasteiger partial charge in [-0.05, 0) is 36.4 Å². The number of aromatic nitrogens is 3. The van der Waals surface area contributed by atoms with Gasteiger partial charge in [0.15, 0.2) is 0 Å². The molecule has 196 valence electrons. The van der Waals surface area contributed by atoms with Crippen LogP contribution in [0.4, 0.5) is 26.4 Å². The third-order valence-corrected chi connectivity index (χ3v) is 5.45. The molecule has 0 bridgehead atoms. The zero-order valence-electron chi connectivity index (χ0n) is 21.4. The van der Waals surface area contributed by atoms with E-state index in [2.05, 4.69) is 26.0 Å². The predicted molar refractivity (Wildman–Crippen MR) is 143 cm³/mol. The molecular formula is C27H28FN7O3. The molecule has 2 heterocycles. The molecule has 0 radical (unpaired) electrons. The number of nitrogens with one attached hydrogen (secondary N) is 3. The summed E-state index contributed by atoms with van der Waals surface area (Å²) in [6.07, 6.45) is 1.41. The summed E-state index contributed by atoms with van der Waals surface area (Å²) in [6.45, 7) is 6.02. The van der Waals surface area contributed by atoms with Crippen LogP contribution in [-0.2, 0) is 5.41 Å². The van der Waals surface area contributed by atoms with Crippen molar-refractivity contribution in [2.75, 3.05) is 23.4 Å². The van der Waals surface area contributed by atoms with Crippen LogP contribution in [0.1, 0.15) is 37.0 Å². The minimum absolute atomic E-state index is 0.0540. The third-order valence-electron chi connectivity index (χ3n) is 5.45. The summed E-state index contributed by atoms with van der Waals surface area (Å²) >= 11 is 0. The molecule has 5 N–H and O–H groups in total. The van der Waals surface area contributed by atoms with Gasteiger partial charge in [0.05, 0.1) is 17.1 Å².